The minimum absolute atomic E-state index is 0.738. The van der Waals surface area contributed by atoms with Crippen LogP contribution in [0.5, 0.6) is 0 Å². The molecule has 90 valence electrons. The molecule has 0 aliphatic rings. The van der Waals surface area contributed by atoms with Crippen LogP contribution < -0.4 is 5.32 Å². The lowest BCUT2D eigenvalue weighted by molar-refractivity contribution is 1.46. The lowest BCUT2D eigenvalue weighted by Crippen LogP contribution is -1.88. The van der Waals surface area contributed by atoms with E-state index >= 15 is 0 Å². The molecule has 0 atom stereocenters. The van der Waals surface area contributed by atoms with Crippen molar-refractivity contribution < 1.29 is 0 Å². The van der Waals surface area contributed by atoms with Gasteiger partial charge in [-0.2, -0.15) is 0 Å². The molecule has 4 heteroatoms. The fourth-order valence-electron chi connectivity index (χ4n) is 1.88. The van der Waals surface area contributed by atoms with E-state index in [0.29, 0.717) is 0 Å². The summed E-state index contributed by atoms with van der Waals surface area (Å²) in [6, 6.07) is 13.8. The highest BCUT2D eigenvalue weighted by molar-refractivity contribution is 9.10. The van der Waals surface area contributed by atoms with Crippen LogP contribution in [0.3, 0.4) is 0 Å². The van der Waals surface area contributed by atoms with Gasteiger partial charge in [0, 0.05) is 32.3 Å². The van der Waals surface area contributed by atoms with Crippen molar-refractivity contribution in [2.45, 2.75) is 0 Å². The summed E-state index contributed by atoms with van der Waals surface area (Å²) in [4.78, 5) is 3.24. The summed E-state index contributed by atoms with van der Waals surface area (Å²) in [5.74, 6) is 0. The van der Waals surface area contributed by atoms with Crippen LogP contribution in [0.15, 0.2) is 53.1 Å². The number of hydrogen-bond acceptors (Lipinski definition) is 1. The van der Waals surface area contributed by atoms with Gasteiger partial charge in [0.05, 0.1) is 5.69 Å². The summed E-state index contributed by atoms with van der Waals surface area (Å²) in [6.45, 7) is 0. The Morgan fingerprint density at radius 3 is 2.61 bits per heavy atom. The number of nitrogens with one attached hydrogen (secondary N) is 2. The fraction of sp³-hybridized carbons (Fsp3) is 0. The highest BCUT2D eigenvalue weighted by atomic mass is 79.9. The number of anilines is 2. The summed E-state index contributed by atoms with van der Waals surface area (Å²) >= 11 is 9.36. The second-order valence-electron chi connectivity index (χ2n) is 4.02. The molecule has 0 bridgehead atoms. The standard InChI is InChI=1S/C14H10BrClN2/c15-9-1-6-13-12(7-9)14(8-17-13)18-11-4-2-10(16)3-5-11/h1-8,17-18H. The molecule has 0 aliphatic carbocycles. The van der Waals surface area contributed by atoms with E-state index < -0.39 is 0 Å². The number of rotatable bonds is 2. The summed E-state index contributed by atoms with van der Waals surface area (Å²) in [7, 11) is 0. The molecular weight excluding hydrogens is 312 g/mol. The fourth-order valence-corrected chi connectivity index (χ4v) is 2.37. The van der Waals surface area contributed by atoms with Crippen molar-refractivity contribution in [2.75, 3.05) is 5.32 Å². The van der Waals surface area contributed by atoms with Crippen LogP contribution in [0.1, 0.15) is 0 Å². The van der Waals surface area contributed by atoms with Crippen molar-refractivity contribution in [3.05, 3.63) is 58.2 Å². The van der Waals surface area contributed by atoms with E-state index in [1.54, 1.807) is 0 Å². The minimum atomic E-state index is 0.738. The lowest BCUT2D eigenvalue weighted by Gasteiger charge is -2.05. The van der Waals surface area contributed by atoms with E-state index in [1.165, 1.54) is 0 Å². The van der Waals surface area contributed by atoms with E-state index in [1.807, 2.05) is 42.6 Å². The largest absolute Gasteiger partial charge is 0.359 e. The molecule has 0 saturated heterocycles. The van der Waals surface area contributed by atoms with Gasteiger partial charge in [0.2, 0.25) is 0 Å². The van der Waals surface area contributed by atoms with E-state index in [-0.39, 0.29) is 0 Å². The number of aromatic nitrogens is 1. The van der Waals surface area contributed by atoms with Gasteiger partial charge in [-0.15, -0.1) is 0 Å². The predicted octanol–water partition coefficient (Wildman–Crippen LogP) is 5.33. The zero-order valence-electron chi connectivity index (χ0n) is 9.37. The Balaban J connectivity index is 1.99. The SMILES string of the molecule is Clc1ccc(Nc2c[nH]c3ccc(Br)cc23)cc1. The minimum Gasteiger partial charge on any atom is -0.359 e. The van der Waals surface area contributed by atoms with Gasteiger partial charge >= 0.3 is 0 Å². The Morgan fingerprint density at radius 2 is 1.83 bits per heavy atom. The Labute approximate surface area is 118 Å². The second-order valence-corrected chi connectivity index (χ2v) is 5.38. The third-order valence-electron chi connectivity index (χ3n) is 2.77. The second kappa shape index (κ2) is 4.67. The Morgan fingerprint density at radius 1 is 1.06 bits per heavy atom. The molecule has 2 nitrogen and oxygen atoms in total. The highest BCUT2D eigenvalue weighted by Crippen LogP contribution is 2.29. The molecule has 0 fully saturated rings. The van der Waals surface area contributed by atoms with Gasteiger partial charge in [-0.25, -0.2) is 0 Å². The van der Waals surface area contributed by atoms with Gasteiger partial charge in [0.1, 0.15) is 0 Å². The third kappa shape index (κ3) is 2.24. The Kier molecular flexibility index (Phi) is 3.02. The molecule has 0 amide bonds. The maximum absolute atomic E-state index is 5.87. The molecule has 0 unspecified atom stereocenters. The summed E-state index contributed by atoms with van der Waals surface area (Å²) in [5, 5.41) is 5.26. The van der Waals surface area contributed by atoms with Gasteiger partial charge in [-0.3, -0.25) is 0 Å². The van der Waals surface area contributed by atoms with Crippen LogP contribution in [-0.2, 0) is 0 Å². The van der Waals surface area contributed by atoms with Crippen LogP contribution in [-0.4, -0.2) is 4.98 Å². The molecule has 2 N–H and O–H groups in total. The molecule has 0 spiro atoms. The van der Waals surface area contributed by atoms with Gasteiger partial charge < -0.3 is 10.3 Å². The number of hydrogen-bond donors (Lipinski definition) is 2. The van der Waals surface area contributed by atoms with Crippen LogP contribution in [0.4, 0.5) is 11.4 Å². The smallest absolute Gasteiger partial charge is 0.0642 e. The number of H-pyrrole nitrogens is 1. The molecule has 3 aromatic rings. The Hall–Kier alpha value is -1.45. The first-order valence-electron chi connectivity index (χ1n) is 5.51. The normalized spacial score (nSPS) is 10.8. The molecule has 3 rings (SSSR count). The molecule has 0 radical (unpaired) electrons. The van der Waals surface area contributed by atoms with Crippen LogP contribution in [0.25, 0.3) is 10.9 Å². The van der Waals surface area contributed by atoms with E-state index in [9.17, 15) is 0 Å². The predicted molar refractivity (Wildman–Crippen MR) is 80.7 cm³/mol. The van der Waals surface area contributed by atoms with Gasteiger partial charge in [-0.05, 0) is 42.5 Å². The number of benzene rings is 2. The molecule has 18 heavy (non-hydrogen) atoms. The van der Waals surface area contributed by atoms with Crippen molar-refractivity contribution in [2.24, 2.45) is 0 Å². The van der Waals surface area contributed by atoms with Gasteiger partial charge in [0.25, 0.3) is 0 Å². The maximum atomic E-state index is 5.87. The van der Waals surface area contributed by atoms with Gasteiger partial charge in [0.15, 0.2) is 0 Å². The van der Waals surface area contributed by atoms with Crippen molar-refractivity contribution in [3.63, 3.8) is 0 Å². The van der Waals surface area contributed by atoms with E-state index in [2.05, 4.69) is 32.3 Å². The molecule has 2 aromatic carbocycles. The van der Waals surface area contributed by atoms with Crippen LogP contribution in [0.2, 0.25) is 5.02 Å². The van der Waals surface area contributed by atoms with Crippen molar-refractivity contribution in [1.29, 1.82) is 0 Å². The monoisotopic (exact) mass is 320 g/mol. The van der Waals surface area contributed by atoms with Crippen molar-refractivity contribution in [1.82, 2.24) is 4.98 Å². The van der Waals surface area contributed by atoms with Gasteiger partial charge in [-0.1, -0.05) is 27.5 Å². The molecule has 0 saturated carbocycles. The first-order chi connectivity index (χ1) is 8.72. The Bertz CT molecular complexity index is 689. The summed E-state index contributed by atoms with van der Waals surface area (Å²) in [5.41, 5.74) is 3.17. The summed E-state index contributed by atoms with van der Waals surface area (Å²) < 4.78 is 1.06. The number of aromatic amines is 1. The quantitative estimate of drug-likeness (QED) is 0.656. The summed E-state index contributed by atoms with van der Waals surface area (Å²) in [6.07, 6.45) is 1.96. The molecular formula is C14H10BrClN2. The topological polar surface area (TPSA) is 27.8 Å². The lowest BCUT2D eigenvalue weighted by atomic mass is 10.2. The average Bonchev–Trinajstić information content (AvgIpc) is 2.75. The maximum Gasteiger partial charge on any atom is 0.0642 e. The van der Waals surface area contributed by atoms with Crippen molar-refractivity contribution in [3.8, 4) is 0 Å². The number of fused-ring (bicyclic) bond motifs is 1. The zero-order chi connectivity index (χ0) is 12.5. The molecule has 0 aliphatic heterocycles. The van der Waals surface area contributed by atoms with E-state index in [4.69, 9.17) is 11.6 Å². The first kappa shape index (κ1) is 11.6. The number of halogens is 2. The van der Waals surface area contributed by atoms with Crippen molar-refractivity contribution >= 4 is 49.8 Å². The van der Waals surface area contributed by atoms with E-state index in [0.717, 1.165) is 31.8 Å². The molecule has 1 aromatic heterocycles. The first-order valence-corrected chi connectivity index (χ1v) is 6.69. The van der Waals surface area contributed by atoms with Crippen LogP contribution in [0, 0.1) is 0 Å². The zero-order valence-corrected chi connectivity index (χ0v) is 11.7. The highest BCUT2D eigenvalue weighted by Gasteiger charge is 2.04. The van der Waals surface area contributed by atoms with Crippen LogP contribution >= 0.6 is 27.5 Å². The molecule has 1 heterocycles. The average molecular weight is 322 g/mol. The third-order valence-corrected chi connectivity index (χ3v) is 3.51.